The lowest BCUT2D eigenvalue weighted by atomic mass is 10.0. The third kappa shape index (κ3) is 62.6. The quantitative estimate of drug-likeness (QED) is 0.0222. The number of hydrogen-bond acceptors (Lipinski definition) is 15. The van der Waals surface area contributed by atoms with E-state index >= 15 is 0 Å². The van der Waals surface area contributed by atoms with Gasteiger partial charge in [0.1, 0.15) is 19.3 Å². The van der Waals surface area contributed by atoms with Crippen LogP contribution < -0.4 is 0 Å². The lowest BCUT2D eigenvalue weighted by molar-refractivity contribution is -0.161. The van der Waals surface area contributed by atoms with Crippen LogP contribution in [0, 0.1) is 23.7 Å². The monoisotopic (exact) mass is 1280 g/mol. The minimum atomic E-state index is -4.95. The first-order valence-corrected chi connectivity index (χ1v) is 38.2. The van der Waals surface area contributed by atoms with E-state index in [0.29, 0.717) is 43.4 Å². The molecule has 0 aromatic rings. The molecule has 0 amide bonds. The maximum atomic E-state index is 13.0. The molecular formula is C68H132O17P2. The fourth-order valence-corrected chi connectivity index (χ4v) is 11.7. The highest BCUT2D eigenvalue weighted by molar-refractivity contribution is 7.47. The van der Waals surface area contributed by atoms with Gasteiger partial charge >= 0.3 is 39.5 Å². The summed E-state index contributed by atoms with van der Waals surface area (Å²) in [6.07, 6.45) is 39.4. The summed E-state index contributed by atoms with van der Waals surface area (Å²) in [6.45, 7) is 13.9. The second-order valence-corrected chi connectivity index (χ2v) is 29.4. The molecule has 0 rings (SSSR count). The number of hydrogen-bond donors (Lipinski definition) is 3. The van der Waals surface area contributed by atoms with Gasteiger partial charge in [-0.05, 0) is 49.4 Å². The maximum Gasteiger partial charge on any atom is 0.472 e. The molecule has 0 saturated heterocycles. The van der Waals surface area contributed by atoms with Crippen LogP contribution in [0.3, 0.4) is 0 Å². The van der Waals surface area contributed by atoms with Crippen LogP contribution in [0.5, 0.6) is 0 Å². The van der Waals surface area contributed by atoms with Crippen LogP contribution >= 0.6 is 15.6 Å². The zero-order chi connectivity index (χ0) is 64.7. The molecule has 0 aromatic heterocycles. The number of phosphoric ester groups is 2. The van der Waals surface area contributed by atoms with Crippen LogP contribution in [0.1, 0.15) is 331 Å². The molecule has 17 nitrogen and oxygen atoms in total. The van der Waals surface area contributed by atoms with Crippen molar-refractivity contribution in [3.05, 3.63) is 0 Å². The van der Waals surface area contributed by atoms with Crippen LogP contribution in [0.4, 0.5) is 0 Å². The van der Waals surface area contributed by atoms with E-state index in [4.69, 9.17) is 37.0 Å². The first-order chi connectivity index (χ1) is 41.6. The summed E-state index contributed by atoms with van der Waals surface area (Å²) in [4.78, 5) is 72.3. The van der Waals surface area contributed by atoms with Crippen molar-refractivity contribution in [3.63, 3.8) is 0 Å². The summed E-state index contributed by atoms with van der Waals surface area (Å²) in [5.41, 5.74) is 0. The van der Waals surface area contributed by atoms with Gasteiger partial charge in [0.15, 0.2) is 12.2 Å². The van der Waals surface area contributed by atoms with Gasteiger partial charge in [0, 0.05) is 25.7 Å². The first kappa shape index (κ1) is 85.1. The summed E-state index contributed by atoms with van der Waals surface area (Å²) in [7, 11) is -9.89. The van der Waals surface area contributed by atoms with Crippen molar-refractivity contribution in [1.82, 2.24) is 0 Å². The number of esters is 4. The molecular weight excluding hydrogens is 1150 g/mol. The molecule has 0 radical (unpaired) electrons. The lowest BCUT2D eigenvalue weighted by Gasteiger charge is -2.21. The summed E-state index contributed by atoms with van der Waals surface area (Å²) in [5.74, 6) is 0.737. The smallest absolute Gasteiger partial charge is 0.462 e. The number of aliphatic hydroxyl groups is 1. The van der Waals surface area contributed by atoms with Crippen molar-refractivity contribution in [1.29, 1.82) is 0 Å². The molecule has 0 aliphatic heterocycles. The standard InChI is InChI=1S/C68H132O17P2/c1-58(2)44-36-28-20-16-14-12-10-9-11-13-15-17-23-32-40-48-65(70)78-55-64(85-68(73)51-43-35-27-26-31-39-47-61(7)8)57-83-87(76,77)81-53-62(69)52-80-86(74,75)82-56-63(84-67(72)50-42-34-25-19-22-30-38-46-60(5)6)54-79-66(71)49-41-33-24-18-21-29-37-45-59(3)4/h58-64,69H,9-57H2,1-8H3,(H,74,75)(H,76,77)/t62?,63-,64-/m1/s1. The van der Waals surface area contributed by atoms with E-state index in [9.17, 15) is 43.2 Å². The fourth-order valence-electron chi connectivity index (χ4n) is 10.1. The molecule has 3 N–H and O–H groups in total. The van der Waals surface area contributed by atoms with E-state index in [1.165, 1.54) is 128 Å². The largest absolute Gasteiger partial charge is 0.472 e. The van der Waals surface area contributed by atoms with Crippen LogP contribution in [0.25, 0.3) is 0 Å². The van der Waals surface area contributed by atoms with E-state index in [-0.39, 0.29) is 25.7 Å². The van der Waals surface area contributed by atoms with Gasteiger partial charge in [-0.2, -0.15) is 0 Å². The van der Waals surface area contributed by atoms with Gasteiger partial charge in [0.2, 0.25) is 0 Å². The number of aliphatic hydroxyl groups excluding tert-OH is 1. The lowest BCUT2D eigenvalue weighted by Crippen LogP contribution is -2.30. The van der Waals surface area contributed by atoms with E-state index < -0.39 is 97.5 Å². The average molecular weight is 1280 g/mol. The number of carbonyl (C=O) groups excluding carboxylic acids is 4. The van der Waals surface area contributed by atoms with Gasteiger partial charge in [-0.3, -0.25) is 37.3 Å². The Bertz CT molecular complexity index is 1730. The van der Waals surface area contributed by atoms with Crippen LogP contribution in [0.2, 0.25) is 0 Å². The molecule has 0 aromatic carbocycles. The third-order valence-corrected chi connectivity index (χ3v) is 17.5. The van der Waals surface area contributed by atoms with Crippen molar-refractivity contribution in [3.8, 4) is 0 Å². The van der Waals surface area contributed by atoms with Crippen LogP contribution in [-0.4, -0.2) is 96.7 Å². The van der Waals surface area contributed by atoms with E-state index in [1.807, 2.05) is 0 Å². The SMILES string of the molecule is CC(C)CCCCCCCCCCCCCCCCCC(=O)OC[C@H](COP(=O)(O)OCC(O)COP(=O)(O)OC[C@@H](COC(=O)CCCCCCCCCC(C)C)OC(=O)CCCCCCCCCC(C)C)OC(=O)CCCCCCCCC(C)C. The predicted molar refractivity (Wildman–Crippen MR) is 349 cm³/mol. The summed E-state index contributed by atoms with van der Waals surface area (Å²) < 4.78 is 68.1. The van der Waals surface area contributed by atoms with E-state index in [2.05, 4.69) is 55.4 Å². The highest BCUT2D eigenvalue weighted by atomic mass is 31.2. The van der Waals surface area contributed by atoms with E-state index in [0.717, 1.165) is 102 Å². The molecule has 0 bridgehead atoms. The zero-order valence-electron chi connectivity index (χ0n) is 56.6. The Labute approximate surface area is 530 Å². The number of ether oxygens (including phenoxy) is 4. The highest BCUT2D eigenvalue weighted by Crippen LogP contribution is 2.45. The first-order valence-electron chi connectivity index (χ1n) is 35.2. The van der Waals surface area contributed by atoms with E-state index in [1.54, 1.807) is 0 Å². The topological polar surface area (TPSA) is 237 Å². The van der Waals surface area contributed by atoms with Crippen LogP contribution in [-0.2, 0) is 65.4 Å². The Hall–Kier alpha value is -1.94. The Morgan fingerprint density at radius 3 is 0.713 bits per heavy atom. The number of carbonyl (C=O) groups is 4. The molecule has 0 spiro atoms. The molecule has 87 heavy (non-hydrogen) atoms. The summed E-state index contributed by atoms with van der Waals surface area (Å²) >= 11 is 0. The number of unbranched alkanes of at least 4 members (excludes halogenated alkanes) is 31. The molecule has 19 heteroatoms. The van der Waals surface area contributed by atoms with Gasteiger partial charge in [-0.25, -0.2) is 9.13 Å². The molecule has 0 aliphatic rings. The molecule has 5 atom stereocenters. The van der Waals surface area contributed by atoms with Crippen LogP contribution in [0.15, 0.2) is 0 Å². The second kappa shape index (κ2) is 57.9. The van der Waals surface area contributed by atoms with Crippen molar-refractivity contribution in [2.45, 2.75) is 350 Å². The van der Waals surface area contributed by atoms with Gasteiger partial charge in [-0.15, -0.1) is 0 Å². The molecule has 0 saturated carbocycles. The summed E-state index contributed by atoms with van der Waals surface area (Å²) in [6, 6.07) is 0. The molecule has 516 valence electrons. The Kier molecular flexibility index (Phi) is 56.6. The normalized spacial score (nSPS) is 14.3. The Morgan fingerprint density at radius 1 is 0.287 bits per heavy atom. The number of rotatable bonds is 65. The highest BCUT2D eigenvalue weighted by Gasteiger charge is 2.30. The molecule has 0 heterocycles. The van der Waals surface area contributed by atoms with Gasteiger partial charge in [0.25, 0.3) is 0 Å². The maximum absolute atomic E-state index is 13.0. The minimum absolute atomic E-state index is 0.102. The van der Waals surface area contributed by atoms with Crippen molar-refractivity contribution >= 4 is 39.5 Å². The van der Waals surface area contributed by atoms with Crippen molar-refractivity contribution < 1.29 is 80.2 Å². The molecule has 0 aliphatic carbocycles. The average Bonchev–Trinajstić information content (AvgIpc) is 3.51. The Morgan fingerprint density at radius 2 is 0.483 bits per heavy atom. The van der Waals surface area contributed by atoms with Gasteiger partial charge in [0.05, 0.1) is 26.4 Å². The van der Waals surface area contributed by atoms with Gasteiger partial charge < -0.3 is 33.8 Å². The second-order valence-electron chi connectivity index (χ2n) is 26.5. The van der Waals surface area contributed by atoms with Gasteiger partial charge in [-0.1, -0.05) is 280 Å². The third-order valence-electron chi connectivity index (χ3n) is 15.6. The predicted octanol–water partition coefficient (Wildman–Crippen LogP) is 18.9. The molecule has 0 fully saturated rings. The minimum Gasteiger partial charge on any atom is -0.462 e. The zero-order valence-corrected chi connectivity index (χ0v) is 58.4. The van der Waals surface area contributed by atoms with Crippen molar-refractivity contribution in [2.24, 2.45) is 23.7 Å². The molecule has 3 unspecified atom stereocenters. The number of phosphoric acid groups is 2. The Balaban J connectivity index is 5.16. The summed E-state index contributed by atoms with van der Waals surface area (Å²) in [5, 5.41) is 10.5. The fraction of sp³-hybridized carbons (Fsp3) is 0.941. The van der Waals surface area contributed by atoms with Crippen molar-refractivity contribution in [2.75, 3.05) is 39.6 Å².